The summed E-state index contributed by atoms with van der Waals surface area (Å²) in [7, 11) is 1.68. The highest BCUT2D eigenvalue weighted by Crippen LogP contribution is 1.83. The van der Waals surface area contributed by atoms with Crippen LogP contribution >= 0.6 is 0 Å². The maximum absolute atomic E-state index is 9.81. The normalized spacial score (nSPS) is 7.38. The second-order valence-electron chi connectivity index (χ2n) is 1.73. The van der Waals surface area contributed by atoms with E-state index >= 15 is 0 Å². The molecule has 0 saturated carbocycles. The minimum absolute atomic E-state index is 0.583. The summed E-state index contributed by atoms with van der Waals surface area (Å²) in [4.78, 5) is 9.81. The molecule has 0 radical (unpaired) electrons. The molecule has 1 rings (SSSR count). The lowest BCUT2D eigenvalue weighted by atomic mass is 10.4. The first kappa shape index (κ1) is 14.4. The molecule has 0 aromatic carbocycles. The Kier molecular flexibility index (Phi) is 14.8. The average Bonchev–Trinajstić information content (AvgIpc) is 2.74. The van der Waals surface area contributed by atoms with Crippen molar-refractivity contribution >= 4 is 6.29 Å². The van der Waals surface area contributed by atoms with E-state index in [4.69, 9.17) is 0 Å². The third-order valence-electron chi connectivity index (χ3n) is 0.944. The third kappa shape index (κ3) is 10.8. The second kappa shape index (κ2) is 13.4. The molecule has 0 aliphatic heterocycles. The van der Waals surface area contributed by atoms with Gasteiger partial charge in [-0.25, -0.2) is 0 Å². The van der Waals surface area contributed by atoms with E-state index in [1.807, 2.05) is 20.8 Å². The number of aldehydes is 1. The fraction of sp³-hybridized carbons (Fsp3) is 0.556. The quantitative estimate of drug-likeness (QED) is 0.718. The molecule has 0 atom stereocenters. The fourth-order valence-electron chi connectivity index (χ4n) is 0.325. The lowest BCUT2D eigenvalue weighted by molar-refractivity contribution is 0.112. The van der Waals surface area contributed by atoms with Crippen molar-refractivity contribution < 1.29 is 9.53 Å². The van der Waals surface area contributed by atoms with E-state index in [-0.39, 0.29) is 0 Å². The van der Waals surface area contributed by atoms with Crippen LogP contribution in [0.4, 0.5) is 0 Å². The van der Waals surface area contributed by atoms with Crippen LogP contribution in [0.15, 0.2) is 12.4 Å². The van der Waals surface area contributed by atoms with Crippen LogP contribution in [-0.2, 0) is 4.74 Å². The van der Waals surface area contributed by atoms with Gasteiger partial charge in [0.15, 0.2) is 6.29 Å². The van der Waals surface area contributed by atoms with Crippen LogP contribution in [0.3, 0.4) is 0 Å². The van der Waals surface area contributed by atoms with E-state index in [1.54, 1.807) is 7.11 Å². The molecule has 1 aromatic heterocycles. The second-order valence-corrected chi connectivity index (χ2v) is 1.73. The Hall–Kier alpha value is -1.16. The number of aromatic amines is 1. The fourth-order valence-corrected chi connectivity index (χ4v) is 0.325. The standard InChI is InChI=1S/C4H4N2O.C3H8O.C2H6/c7-3-4-1-5-6-2-4;1-3-4-2;1-2/h1-3H,(H,5,6);3H2,1-2H3;1-2H3. The van der Waals surface area contributed by atoms with Gasteiger partial charge in [0.05, 0.1) is 11.8 Å². The molecule has 1 heterocycles. The van der Waals surface area contributed by atoms with Crippen molar-refractivity contribution in [1.29, 1.82) is 0 Å². The van der Waals surface area contributed by atoms with Gasteiger partial charge in [-0.2, -0.15) is 5.10 Å². The van der Waals surface area contributed by atoms with Crippen LogP contribution in [-0.4, -0.2) is 30.2 Å². The summed E-state index contributed by atoms with van der Waals surface area (Å²) in [5, 5.41) is 6.04. The van der Waals surface area contributed by atoms with Gasteiger partial charge in [-0.1, -0.05) is 13.8 Å². The Morgan fingerprint density at radius 3 is 2.31 bits per heavy atom. The minimum atomic E-state index is 0.583. The first-order valence-corrected chi connectivity index (χ1v) is 4.28. The van der Waals surface area contributed by atoms with Crippen molar-refractivity contribution in [3.05, 3.63) is 18.0 Å². The molecular formula is C9H18N2O2. The van der Waals surface area contributed by atoms with Crippen LogP contribution in [0, 0.1) is 0 Å². The van der Waals surface area contributed by atoms with Crippen LogP contribution in [0.1, 0.15) is 31.1 Å². The maximum atomic E-state index is 9.81. The molecule has 1 aromatic rings. The van der Waals surface area contributed by atoms with Gasteiger partial charge in [0.2, 0.25) is 0 Å². The number of H-pyrrole nitrogens is 1. The smallest absolute Gasteiger partial charge is 0.153 e. The van der Waals surface area contributed by atoms with Crippen molar-refractivity contribution in [2.45, 2.75) is 20.8 Å². The number of nitrogens with one attached hydrogen (secondary N) is 1. The van der Waals surface area contributed by atoms with Crippen molar-refractivity contribution in [2.75, 3.05) is 13.7 Å². The topological polar surface area (TPSA) is 55.0 Å². The number of carbonyl (C=O) groups is 1. The molecule has 4 nitrogen and oxygen atoms in total. The molecule has 4 heteroatoms. The van der Waals surface area contributed by atoms with Gasteiger partial charge < -0.3 is 4.74 Å². The minimum Gasteiger partial charge on any atom is -0.385 e. The molecule has 13 heavy (non-hydrogen) atoms. The van der Waals surface area contributed by atoms with Crippen molar-refractivity contribution in [2.24, 2.45) is 0 Å². The van der Waals surface area contributed by atoms with Crippen LogP contribution in [0.5, 0.6) is 0 Å². The molecule has 0 amide bonds. The molecule has 0 aliphatic rings. The summed E-state index contributed by atoms with van der Waals surface area (Å²) >= 11 is 0. The molecular weight excluding hydrogens is 168 g/mol. The highest BCUT2D eigenvalue weighted by Gasteiger charge is 1.83. The number of methoxy groups -OCH3 is 1. The van der Waals surface area contributed by atoms with E-state index in [0.717, 1.165) is 12.9 Å². The van der Waals surface area contributed by atoms with Crippen LogP contribution < -0.4 is 0 Å². The Morgan fingerprint density at radius 1 is 1.62 bits per heavy atom. The van der Waals surface area contributed by atoms with Crippen LogP contribution in [0.25, 0.3) is 0 Å². The number of hydrogen-bond donors (Lipinski definition) is 1. The monoisotopic (exact) mass is 186 g/mol. The summed E-state index contributed by atoms with van der Waals surface area (Å²) in [5.41, 5.74) is 0.583. The molecule has 1 N–H and O–H groups in total. The van der Waals surface area contributed by atoms with E-state index < -0.39 is 0 Å². The molecule has 76 valence electrons. The Morgan fingerprint density at radius 2 is 2.15 bits per heavy atom. The Bertz CT molecular complexity index is 172. The van der Waals surface area contributed by atoms with Gasteiger partial charge in [0.25, 0.3) is 0 Å². The summed E-state index contributed by atoms with van der Waals surface area (Å²) in [6.45, 7) is 6.78. The Balaban J connectivity index is 0. The number of ether oxygens (including phenoxy) is 1. The van der Waals surface area contributed by atoms with Crippen LogP contribution in [0.2, 0.25) is 0 Å². The average molecular weight is 186 g/mol. The van der Waals surface area contributed by atoms with Gasteiger partial charge >= 0.3 is 0 Å². The number of rotatable bonds is 2. The number of aromatic nitrogens is 2. The number of hydrogen-bond acceptors (Lipinski definition) is 3. The molecule has 0 unspecified atom stereocenters. The lowest BCUT2D eigenvalue weighted by Gasteiger charge is -1.76. The molecule has 0 spiro atoms. The zero-order valence-corrected chi connectivity index (χ0v) is 8.70. The highest BCUT2D eigenvalue weighted by molar-refractivity contribution is 5.73. The van der Waals surface area contributed by atoms with Gasteiger partial charge in [-0.3, -0.25) is 9.89 Å². The predicted molar refractivity (Wildman–Crippen MR) is 52.9 cm³/mol. The van der Waals surface area contributed by atoms with E-state index in [0.29, 0.717) is 5.56 Å². The highest BCUT2D eigenvalue weighted by atomic mass is 16.5. The van der Waals surface area contributed by atoms with Gasteiger partial charge in [0, 0.05) is 19.9 Å². The number of nitrogens with zero attached hydrogens (tertiary/aromatic N) is 1. The summed E-state index contributed by atoms with van der Waals surface area (Å²) < 4.78 is 4.54. The van der Waals surface area contributed by atoms with E-state index in [9.17, 15) is 4.79 Å². The summed E-state index contributed by atoms with van der Waals surface area (Å²) in [6.07, 6.45) is 3.74. The molecule has 0 fully saturated rings. The summed E-state index contributed by atoms with van der Waals surface area (Å²) in [5.74, 6) is 0. The van der Waals surface area contributed by atoms with E-state index in [1.165, 1.54) is 12.4 Å². The molecule has 0 aliphatic carbocycles. The SMILES string of the molecule is CC.CCOC.O=Cc1cn[nH]c1. The first-order chi connectivity index (χ1) is 6.35. The number of carbonyl (C=O) groups excluding carboxylic acids is 1. The zero-order valence-electron chi connectivity index (χ0n) is 8.70. The third-order valence-corrected chi connectivity index (χ3v) is 0.944. The summed E-state index contributed by atoms with van der Waals surface area (Å²) in [6, 6.07) is 0. The molecule has 0 saturated heterocycles. The first-order valence-electron chi connectivity index (χ1n) is 4.28. The Labute approximate surface area is 79.3 Å². The van der Waals surface area contributed by atoms with E-state index in [2.05, 4.69) is 14.9 Å². The van der Waals surface area contributed by atoms with Crippen molar-refractivity contribution in [3.8, 4) is 0 Å². The lowest BCUT2D eigenvalue weighted by Crippen LogP contribution is -1.73. The van der Waals surface area contributed by atoms with Gasteiger partial charge in [0.1, 0.15) is 0 Å². The van der Waals surface area contributed by atoms with Gasteiger partial charge in [-0.15, -0.1) is 0 Å². The zero-order chi connectivity index (χ0) is 10.5. The predicted octanol–water partition coefficient (Wildman–Crippen LogP) is 1.90. The van der Waals surface area contributed by atoms with Crippen molar-refractivity contribution in [1.82, 2.24) is 10.2 Å². The maximum Gasteiger partial charge on any atom is 0.153 e. The van der Waals surface area contributed by atoms with Gasteiger partial charge in [-0.05, 0) is 6.92 Å². The van der Waals surface area contributed by atoms with Crippen molar-refractivity contribution in [3.63, 3.8) is 0 Å². The largest absolute Gasteiger partial charge is 0.385 e. The molecule has 0 bridgehead atoms.